The Morgan fingerprint density at radius 1 is 1.11 bits per heavy atom. The number of ether oxygens (including phenoxy) is 2. The van der Waals surface area contributed by atoms with Crippen molar-refractivity contribution in [1.29, 1.82) is 0 Å². The first-order valence-corrected chi connectivity index (χ1v) is 9.66. The van der Waals surface area contributed by atoms with Crippen molar-refractivity contribution >= 4 is 17.2 Å². The zero-order valence-corrected chi connectivity index (χ0v) is 15.5. The summed E-state index contributed by atoms with van der Waals surface area (Å²) in [6.45, 7) is 1.66. The molecule has 1 amide bonds. The standard InChI is InChI=1S/C20H19N3O3S/c24-19(12-14-1-2-17-18(11-14)26-10-9-25-17)22-8-5-16-13-27-20(23-16)15-3-6-21-7-4-15/h1-4,6-7,11,13H,5,8-10,12H2,(H,22,24). The average molecular weight is 381 g/mol. The minimum absolute atomic E-state index is 0.0173. The molecule has 1 aliphatic rings. The first kappa shape index (κ1) is 17.5. The van der Waals surface area contributed by atoms with Gasteiger partial charge in [0.05, 0.1) is 12.1 Å². The molecule has 0 saturated heterocycles. The quantitative estimate of drug-likeness (QED) is 0.711. The monoisotopic (exact) mass is 381 g/mol. The van der Waals surface area contributed by atoms with E-state index in [1.807, 2.05) is 35.7 Å². The number of amides is 1. The molecule has 6 nitrogen and oxygen atoms in total. The summed E-state index contributed by atoms with van der Waals surface area (Å²) in [5, 5.41) is 5.95. The lowest BCUT2D eigenvalue weighted by molar-refractivity contribution is -0.120. The maximum Gasteiger partial charge on any atom is 0.224 e. The number of thiazole rings is 1. The molecule has 0 unspecified atom stereocenters. The molecule has 0 spiro atoms. The number of rotatable bonds is 6. The van der Waals surface area contributed by atoms with Crippen LogP contribution in [0.1, 0.15) is 11.3 Å². The molecular weight excluding hydrogens is 362 g/mol. The van der Waals surface area contributed by atoms with E-state index in [4.69, 9.17) is 9.47 Å². The zero-order chi connectivity index (χ0) is 18.5. The summed E-state index contributed by atoms with van der Waals surface area (Å²) in [6, 6.07) is 9.51. The summed E-state index contributed by atoms with van der Waals surface area (Å²) in [4.78, 5) is 20.8. The predicted octanol–water partition coefficient (Wildman–Crippen LogP) is 2.88. The Morgan fingerprint density at radius 2 is 1.93 bits per heavy atom. The molecule has 0 atom stereocenters. The minimum Gasteiger partial charge on any atom is -0.486 e. The minimum atomic E-state index is -0.0173. The maximum absolute atomic E-state index is 12.2. The van der Waals surface area contributed by atoms with Crippen LogP contribution >= 0.6 is 11.3 Å². The van der Waals surface area contributed by atoms with Crippen LogP contribution in [0.2, 0.25) is 0 Å². The summed E-state index contributed by atoms with van der Waals surface area (Å²) >= 11 is 1.60. The van der Waals surface area contributed by atoms with Crippen molar-refractivity contribution in [2.24, 2.45) is 0 Å². The van der Waals surface area contributed by atoms with Crippen molar-refractivity contribution in [1.82, 2.24) is 15.3 Å². The van der Waals surface area contributed by atoms with Crippen molar-refractivity contribution in [2.45, 2.75) is 12.8 Å². The fraction of sp³-hybridized carbons (Fsp3) is 0.250. The first-order chi connectivity index (χ1) is 13.3. The summed E-state index contributed by atoms with van der Waals surface area (Å²) in [6.07, 6.45) is 4.54. The molecule has 2 aromatic heterocycles. The molecule has 0 fully saturated rings. The van der Waals surface area contributed by atoms with Crippen LogP contribution in [0.3, 0.4) is 0 Å². The van der Waals surface area contributed by atoms with E-state index >= 15 is 0 Å². The van der Waals surface area contributed by atoms with E-state index in [-0.39, 0.29) is 5.91 Å². The normalized spacial score (nSPS) is 12.6. The van der Waals surface area contributed by atoms with Crippen LogP contribution in [0.5, 0.6) is 11.5 Å². The summed E-state index contributed by atoms with van der Waals surface area (Å²) in [5.41, 5.74) is 2.95. The lowest BCUT2D eigenvalue weighted by Crippen LogP contribution is -2.27. The van der Waals surface area contributed by atoms with E-state index < -0.39 is 0 Å². The van der Waals surface area contributed by atoms with Crippen molar-refractivity contribution in [3.05, 3.63) is 59.4 Å². The van der Waals surface area contributed by atoms with Gasteiger partial charge in [0.25, 0.3) is 0 Å². The average Bonchev–Trinajstić information content (AvgIpc) is 3.17. The van der Waals surface area contributed by atoms with E-state index in [2.05, 4.69) is 15.3 Å². The molecule has 4 rings (SSSR count). The van der Waals surface area contributed by atoms with Crippen LogP contribution in [-0.2, 0) is 17.6 Å². The number of carbonyl (C=O) groups excluding carboxylic acids is 1. The third-order valence-corrected chi connectivity index (χ3v) is 5.09. The van der Waals surface area contributed by atoms with E-state index in [0.29, 0.717) is 38.3 Å². The fourth-order valence-corrected chi connectivity index (χ4v) is 3.68. The molecule has 0 saturated carbocycles. The number of aromatic nitrogens is 2. The number of hydrogen-bond donors (Lipinski definition) is 1. The lowest BCUT2D eigenvalue weighted by atomic mass is 10.1. The first-order valence-electron chi connectivity index (χ1n) is 8.78. The van der Waals surface area contributed by atoms with Crippen LogP contribution in [0.15, 0.2) is 48.1 Å². The van der Waals surface area contributed by atoms with Gasteiger partial charge in [-0.1, -0.05) is 6.07 Å². The van der Waals surface area contributed by atoms with Crippen molar-refractivity contribution in [3.8, 4) is 22.1 Å². The highest BCUT2D eigenvalue weighted by molar-refractivity contribution is 7.13. The molecule has 0 bridgehead atoms. The van der Waals surface area contributed by atoms with Gasteiger partial charge in [-0.2, -0.15) is 0 Å². The van der Waals surface area contributed by atoms with E-state index in [9.17, 15) is 4.79 Å². The van der Waals surface area contributed by atoms with Gasteiger partial charge >= 0.3 is 0 Å². The number of carbonyl (C=O) groups is 1. The Kier molecular flexibility index (Phi) is 5.29. The van der Waals surface area contributed by atoms with Crippen LogP contribution in [-0.4, -0.2) is 35.6 Å². The summed E-state index contributed by atoms with van der Waals surface area (Å²) < 4.78 is 11.1. The second kappa shape index (κ2) is 8.18. The zero-order valence-electron chi connectivity index (χ0n) is 14.7. The number of nitrogens with one attached hydrogen (secondary N) is 1. The fourth-order valence-electron chi connectivity index (χ4n) is 2.82. The maximum atomic E-state index is 12.2. The number of hydrogen-bond acceptors (Lipinski definition) is 6. The lowest BCUT2D eigenvalue weighted by Gasteiger charge is -2.18. The van der Waals surface area contributed by atoms with Gasteiger partial charge in [-0.15, -0.1) is 11.3 Å². The summed E-state index contributed by atoms with van der Waals surface area (Å²) in [5.74, 6) is 1.42. The second-order valence-corrected chi connectivity index (χ2v) is 6.99. The van der Waals surface area contributed by atoms with Gasteiger partial charge in [-0.3, -0.25) is 9.78 Å². The van der Waals surface area contributed by atoms with Crippen LogP contribution < -0.4 is 14.8 Å². The highest BCUT2D eigenvalue weighted by Gasteiger charge is 2.13. The molecular formula is C20H19N3O3S. The number of benzene rings is 1. The van der Waals surface area contributed by atoms with Gasteiger partial charge in [-0.05, 0) is 29.8 Å². The predicted molar refractivity (Wildman–Crippen MR) is 103 cm³/mol. The SMILES string of the molecule is O=C(Cc1ccc2c(c1)OCCO2)NCCc1csc(-c2ccncc2)n1. The molecule has 0 radical (unpaired) electrons. The third kappa shape index (κ3) is 4.43. The number of fused-ring (bicyclic) bond motifs is 1. The largest absolute Gasteiger partial charge is 0.486 e. The molecule has 1 aromatic carbocycles. The van der Waals surface area contributed by atoms with Crippen LogP contribution in [0, 0.1) is 0 Å². The highest BCUT2D eigenvalue weighted by Crippen LogP contribution is 2.30. The van der Waals surface area contributed by atoms with Crippen LogP contribution in [0.25, 0.3) is 10.6 Å². The van der Waals surface area contributed by atoms with Crippen molar-refractivity contribution < 1.29 is 14.3 Å². The molecule has 3 aromatic rings. The molecule has 138 valence electrons. The molecule has 3 heterocycles. The molecule has 1 N–H and O–H groups in total. The van der Waals surface area contributed by atoms with E-state index in [1.54, 1.807) is 23.7 Å². The Bertz CT molecular complexity index is 927. The third-order valence-electron chi connectivity index (χ3n) is 4.15. The summed E-state index contributed by atoms with van der Waals surface area (Å²) in [7, 11) is 0. The second-order valence-electron chi connectivity index (χ2n) is 6.13. The molecule has 7 heteroatoms. The molecule has 1 aliphatic heterocycles. The van der Waals surface area contributed by atoms with Gasteiger partial charge in [0.1, 0.15) is 18.2 Å². The van der Waals surface area contributed by atoms with Crippen molar-refractivity contribution in [3.63, 3.8) is 0 Å². The smallest absolute Gasteiger partial charge is 0.224 e. The van der Waals surface area contributed by atoms with Crippen molar-refractivity contribution in [2.75, 3.05) is 19.8 Å². The number of pyridine rings is 1. The Balaban J connectivity index is 1.27. The highest BCUT2D eigenvalue weighted by atomic mass is 32.1. The van der Waals surface area contributed by atoms with E-state index in [0.717, 1.165) is 27.6 Å². The van der Waals surface area contributed by atoms with Gasteiger partial charge in [0, 0.05) is 36.3 Å². The van der Waals surface area contributed by atoms with Gasteiger partial charge in [0.2, 0.25) is 5.91 Å². The van der Waals surface area contributed by atoms with Gasteiger partial charge < -0.3 is 14.8 Å². The Labute approximate surface area is 161 Å². The number of nitrogens with zero attached hydrogens (tertiary/aromatic N) is 2. The van der Waals surface area contributed by atoms with Crippen LogP contribution in [0.4, 0.5) is 0 Å². The van der Waals surface area contributed by atoms with Gasteiger partial charge in [-0.25, -0.2) is 4.98 Å². The molecule has 27 heavy (non-hydrogen) atoms. The van der Waals surface area contributed by atoms with E-state index in [1.165, 1.54) is 0 Å². The Hall–Kier alpha value is -2.93. The topological polar surface area (TPSA) is 73.3 Å². The Morgan fingerprint density at radius 3 is 2.78 bits per heavy atom. The van der Waals surface area contributed by atoms with Gasteiger partial charge in [0.15, 0.2) is 11.5 Å². The molecule has 0 aliphatic carbocycles.